The van der Waals surface area contributed by atoms with Gasteiger partial charge in [0.1, 0.15) is 0 Å². The van der Waals surface area contributed by atoms with Crippen LogP contribution in [0.5, 0.6) is 0 Å². The summed E-state index contributed by atoms with van der Waals surface area (Å²) in [5.74, 6) is 3.36. The minimum Gasteiger partial charge on any atom is -0.0654 e. The third kappa shape index (κ3) is 3.79. The number of fused-ring (bicyclic) bond motifs is 4. The van der Waals surface area contributed by atoms with Crippen molar-refractivity contribution in [2.24, 2.45) is 17.8 Å². The Balaban J connectivity index is 1.62. The van der Waals surface area contributed by atoms with Crippen molar-refractivity contribution >= 4 is 0 Å². The van der Waals surface area contributed by atoms with Crippen molar-refractivity contribution in [2.75, 3.05) is 0 Å². The van der Waals surface area contributed by atoms with Crippen LogP contribution in [0.15, 0.2) is 0 Å². The molecule has 0 radical (unpaired) electrons. The quantitative estimate of drug-likeness (QED) is 0.516. The summed E-state index contributed by atoms with van der Waals surface area (Å²) in [6.07, 6.45) is 18.3. The molecule has 0 aliphatic heterocycles. The minimum atomic E-state index is 1.11. The zero-order chi connectivity index (χ0) is 11.2. The monoisotopic (exact) mass is 222 g/mol. The van der Waals surface area contributed by atoms with Crippen LogP contribution in [0.3, 0.4) is 0 Å². The molecule has 3 saturated carbocycles. The fraction of sp³-hybridized carbons (Fsp3) is 1.00. The lowest BCUT2D eigenvalue weighted by atomic mass is 9.84. The summed E-state index contributed by atoms with van der Waals surface area (Å²) in [4.78, 5) is 0. The average Bonchev–Trinajstić information content (AvgIpc) is 2.61. The third-order valence-corrected chi connectivity index (χ3v) is 5.02. The van der Waals surface area contributed by atoms with Gasteiger partial charge in [-0.15, -0.1) is 0 Å². The van der Waals surface area contributed by atoms with Crippen molar-refractivity contribution in [2.45, 2.75) is 84.0 Å². The van der Waals surface area contributed by atoms with Gasteiger partial charge >= 0.3 is 0 Å². The van der Waals surface area contributed by atoms with E-state index >= 15 is 0 Å². The molecule has 2 bridgehead atoms. The Morgan fingerprint density at radius 2 is 1.31 bits per heavy atom. The maximum atomic E-state index is 2.31. The minimum absolute atomic E-state index is 1.11. The fourth-order valence-electron chi connectivity index (χ4n) is 4.01. The van der Waals surface area contributed by atoms with E-state index in [1.54, 1.807) is 44.9 Å². The average molecular weight is 222 g/mol. The molecule has 0 atom stereocenters. The fourth-order valence-corrected chi connectivity index (χ4v) is 4.01. The Hall–Kier alpha value is 0. The summed E-state index contributed by atoms with van der Waals surface area (Å²) in [7, 11) is 0. The van der Waals surface area contributed by atoms with E-state index in [0.717, 1.165) is 17.8 Å². The van der Waals surface area contributed by atoms with E-state index in [2.05, 4.69) is 6.92 Å². The van der Waals surface area contributed by atoms with E-state index in [4.69, 9.17) is 0 Å². The largest absolute Gasteiger partial charge is 0.0654 e. The molecule has 0 unspecified atom stereocenters. The number of hydrogen-bond acceptors (Lipinski definition) is 0. The first kappa shape index (κ1) is 12.5. The van der Waals surface area contributed by atoms with E-state index in [1.165, 1.54) is 32.1 Å². The molecule has 3 fully saturated rings. The van der Waals surface area contributed by atoms with Crippen molar-refractivity contribution in [1.29, 1.82) is 0 Å². The molecule has 0 aromatic heterocycles. The molecule has 0 spiro atoms. The van der Waals surface area contributed by atoms with Gasteiger partial charge in [0.15, 0.2) is 0 Å². The van der Waals surface area contributed by atoms with Gasteiger partial charge in [-0.3, -0.25) is 0 Å². The van der Waals surface area contributed by atoms with Gasteiger partial charge in [-0.05, 0) is 30.6 Å². The van der Waals surface area contributed by atoms with Gasteiger partial charge in [-0.2, -0.15) is 0 Å². The molecule has 16 heavy (non-hydrogen) atoms. The first-order valence-electron chi connectivity index (χ1n) is 7.88. The van der Waals surface area contributed by atoms with E-state index in [1.807, 2.05) is 0 Å². The topological polar surface area (TPSA) is 0 Å². The van der Waals surface area contributed by atoms with Crippen molar-refractivity contribution < 1.29 is 0 Å². The second-order valence-corrected chi connectivity index (χ2v) is 6.43. The molecular weight excluding hydrogens is 192 g/mol. The van der Waals surface area contributed by atoms with E-state index < -0.39 is 0 Å². The van der Waals surface area contributed by atoms with E-state index in [-0.39, 0.29) is 0 Å². The third-order valence-electron chi connectivity index (χ3n) is 5.02. The molecule has 0 saturated heterocycles. The zero-order valence-electron chi connectivity index (χ0n) is 11.2. The first-order chi connectivity index (χ1) is 7.88. The van der Waals surface area contributed by atoms with Crippen molar-refractivity contribution in [3.63, 3.8) is 0 Å². The van der Waals surface area contributed by atoms with Crippen LogP contribution in [-0.4, -0.2) is 0 Å². The standard InChI is InChI=1S/C16H30/c1-2-3-4-5-6-7-16-12-14-8-9-15(13-16)11-10-14/h14-16H,2-13H2,1H3. The second kappa shape index (κ2) is 6.67. The van der Waals surface area contributed by atoms with Crippen LogP contribution >= 0.6 is 0 Å². The molecule has 3 aliphatic carbocycles. The van der Waals surface area contributed by atoms with Gasteiger partial charge < -0.3 is 0 Å². The van der Waals surface area contributed by atoms with Crippen LogP contribution in [0.25, 0.3) is 0 Å². The lowest BCUT2D eigenvalue weighted by molar-refractivity contribution is 0.308. The highest BCUT2D eigenvalue weighted by Crippen LogP contribution is 2.43. The maximum absolute atomic E-state index is 2.31. The summed E-state index contributed by atoms with van der Waals surface area (Å²) < 4.78 is 0. The highest BCUT2D eigenvalue weighted by Gasteiger charge is 2.29. The van der Waals surface area contributed by atoms with E-state index in [9.17, 15) is 0 Å². The van der Waals surface area contributed by atoms with Crippen LogP contribution in [-0.2, 0) is 0 Å². The maximum Gasteiger partial charge on any atom is -0.0409 e. The van der Waals surface area contributed by atoms with Crippen LogP contribution in [0.1, 0.15) is 84.0 Å². The Bertz CT molecular complexity index is 162. The first-order valence-corrected chi connectivity index (χ1v) is 7.88. The molecular formula is C16H30. The molecule has 3 rings (SSSR count). The van der Waals surface area contributed by atoms with Crippen molar-refractivity contribution in [1.82, 2.24) is 0 Å². The van der Waals surface area contributed by atoms with Crippen LogP contribution < -0.4 is 0 Å². The molecule has 0 heterocycles. The normalized spacial score (nSPS) is 33.9. The lowest BCUT2D eigenvalue weighted by Gasteiger charge is -2.22. The summed E-state index contributed by atoms with van der Waals surface area (Å²) >= 11 is 0. The Labute approximate surface area is 102 Å². The molecule has 0 nitrogen and oxygen atoms in total. The van der Waals surface area contributed by atoms with E-state index in [0.29, 0.717) is 0 Å². The summed E-state index contributed by atoms with van der Waals surface area (Å²) in [6, 6.07) is 0. The van der Waals surface area contributed by atoms with Gasteiger partial charge in [0.05, 0.1) is 0 Å². The Morgan fingerprint density at radius 1 is 0.750 bits per heavy atom. The molecule has 0 aromatic rings. The highest BCUT2D eigenvalue weighted by molar-refractivity contribution is 4.82. The number of rotatable bonds is 6. The van der Waals surface area contributed by atoms with Gasteiger partial charge in [-0.25, -0.2) is 0 Å². The van der Waals surface area contributed by atoms with Crippen LogP contribution in [0.4, 0.5) is 0 Å². The van der Waals surface area contributed by atoms with Gasteiger partial charge in [-0.1, -0.05) is 71.1 Å². The lowest BCUT2D eigenvalue weighted by Crippen LogP contribution is -2.08. The molecule has 3 aliphatic rings. The highest BCUT2D eigenvalue weighted by atomic mass is 14.4. The predicted molar refractivity (Wildman–Crippen MR) is 71.5 cm³/mol. The van der Waals surface area contributed by atoms with Crippen LogP contribution in [0.2, 0.25) is 0 Å². The Morgan fingerprint density at radius 3 is 1.88 bits per heavy atom. The smallest absolute Gasteiger partial charge is 0.0409 e. The van der Waals surface area contributed by atoms with Crippen LogP contribution in [0, 0.1) is 17.8 Å². The predicted octanol–water partition coefficient (Wildman–Crippen LogP) is 5.56. The van der Waals surface area contributed by atoms with Gasteiger partial charge in [0.25, 0.3) is 0 Å². The molecule has 0 aromatic carbocycles. The second-order valence-electron chi connectivity index (χ2n) is 6.43. The molecule has 0 amide bonds. The number of unbranched alkanes of at least 4 members (excludes halogenated alkanes) is 4. The molecule has 0 heteroatoms. The SMILES string of the molecule is CCCCCCCC1CC2CCC(CC2)C1. The number of hydrogen-bond donors (Lipinski definition) is 0. The van der Waals surface area contributed by atoms with Gasteiger partial charge in [0.2, 0.25) is 0 Å². The molecule has 94 valence electrons. The Kier molecular flexibility index (Phi) is 5.19. The molecule has 0 N–H and O–H groups in total. The summed E-state index contributed by atoms with van der Waals surface area (Å²) in [5.41, 5.74) is 0. The summed E-state index contributed by atoms with van der Waals surface area (Å²) in [5, 5.41) is 0. The zero-order valence-corrected chi connectivity index (χ0v) is 11.2. The summed E-state index contributed by atoms with van der Waals surface area (Å²) in [6.45, 7) is 2.31. The van der Waals surface area contributed by atoms with Crippen molar-refractivity contribution in [3.8, 4) is 0 Å². The van der Waals surface area contributed by atoms with Gasteiger partial charge in [0, 0.05) is 0 Å². The van der Waals surface area contributed by atoms with Crippen molar-refractivity contribution in [3.05, 3.63) is 0 Å².